The van der Waals surface area contributed by atoms with Crippen molar-refractivity contribution in [2.24, 2.45) is 0 Å². The Morgan fingerprint density at radius 1 is 0.905 bits per heavy atom. The maximum atomic E-state index is 14.2. The van der Waals surface area contributed by atoms with Gasteiger partial charge in [0.2, 0.25) is 11.8 Å². The topological polar surface area (TPSA) is 105 Å². The first-order chi connectivity index (χ1) is 19.8. The van der Waals surface area contributed by atoms with Gasteiger partial charge < -0.3 is 19.7 Å². The Labute approximate surface area is 249 Å². The fourth-order valence-corrected chi connectivity index (χ4v) is 5.88. The van der Waals surface area contributed by atoms with Gasteiger partial charge in [-0.3, -0.25) is 13.9 Å². The van der Waals surface area contributed by atoms with Crippen molar-refractivity contribution in [1.29, 1.82) is 0 Å². The van der Waals surface area contributed by atoms with Crippen LogP contribution in [-0.4, -0.2) is 57.5 Å². The van der Waals surface area contributed by atoms with Crippen molar-refractivity contribution in [2.45, 2.75) is 64.1 Å². The fourth-order valence-electron chi connectivity index (χ4n) is 4.47. The van der Waals surface area contributed by atoms with E-state index in [1.165, 1.54) is 24.1 Å². The van der Waals surface area contributed by atoms with E-state index in [9.17, 15) is 18.0 Å². The van der Waals surface area contributed by atoms with Crippen molar-refractivity contribution in [2.75, 3.05) is 25.1 Å². The number of carbonyl (C=O) groups excluding carboxylic acids is 2. The molecule has 42 heavy (non-hydrogen) atoms. The number of methoxy groups -OCH3 is 2. The molecular formula is C32H41N3O6S. The van der Waals surface area contributed by atoms with E-state index in [0.29, 0.717) is 17.9 Å². The molecule has 0 aliphatic carbocycles. The third-order valence-corrected chi connectivity index (χ3v) is 8.39. The molecule has 0 aliphatic rings. The molecule has 3 aromatic rings. The van der Waals surface area contributed by atoms with Crippen molar-refractivity contribution < 1.29 is 27.5 Å². The lowest BCUT2D eigenvalue weighted by molar-refractivity contribution is -0.141. The molecule has 0 bridgehead atoms. The van der Waals surface area contributed by atoms with Gasteiger partial charge in [0.25, 0.3) is 10.0 Å². The number of nitrogens with zero attached hydrogens (tertiary/aromatic N) is 2. The third kappa shape index (κ3) is 8.25. The summed E-state index contributed by atoms with van der Waals surface area (Å²) in [5, 5.41) is 2.97. The van der Waals surface area contributed by atoms with Crippen LogP contribution in [0.5, 0.6) is 11.5 Å². The lowest BCUT2D eigenvalue weighted by atomic mass is 10.1. The van der Waals surface area contributed by atoms with Crippen molar-refractivity contribution in [3.8, 4) is 11.5 Å². The largest absolute Gasteiger partial charge is 0.497 e. The van der Waals surface area contributed by atoms with Crippen LogP contribution in [0.2, 0.25) is 0 Å². The summed E-state index contributed by atoms with van der Waals surface area (Å²) in [6.45, 7) is 8.82. The van der Waals surface area contributed by atoms with Crippen LogP contribution in [0.25, 0.3) is 0 Å². The monoisotopic (exact) mass is 595 g/mol. The van der Waals surface area contributed by atoms with Gasteiger partial charge in [0.15, 0.2) is 0 Å². The molecule has 9 nitrogen and oxygen atoms in total. The molecule has 0 heterocycles. The molecule has 1 atom stereocenters. The summed E-state index contributed by atoms with van der Waals surface area (Å²) in [5.74, 6) is 0.183. The number of sulfonamides is 1. The van der Waals surface area contributed by atoms with Crippen LogP contribution in [0.4, 0.5) is 5.69 Å². The molecule has 0 aliphatic heterocycles. The van der Waals surface area contributed by atoms with Crippen LogP contribution < -0.4 is 19.1 Å². The lowest BCUT2D eigenvalue weighted by Crippen LogP contribution is -2.55. The molecular weight excluding hydrogens is 554 g/mol. The van der Waals surface area contributed by atoms with Gasteiger partial charge in [-0.1, -0.05) is 42.8 Å². The number of hydrogen-bond acceptors (Lipinski definition) is 6. The molecule has 1 N–H and O–H groups in total. The maximum absolute atomic E-state index is 14.2. The van der Waals surface area contributed by atoms with Gasteiger partial charge in [0, 0.05) is 18.2 Å². The molecule has 0 saturated carbocycles. The first-order valence-electron chi connectivity index (χ1n) is 13.8. The summed E-state index contributed by atoms with van der Waals surface area (Å²) < 4.78 is 39.8. The number of amides is 2. The van der Waals surface area contributed by atoms with Crippen LogP contribution in [0, 0.1) is 6.92 Å². The van der Waals surface area contributed by atoms with E-state index in [-0.39, 0.29) is 23.0 Å². The van der Waals surface area contributed by atoms with Gasteiger partial charge in [-0.2, -0.15) is 0 Å². The Hall–Kier alpha value is -4.05. The van der Waals surface area contributed by atoms with Crippen LogP contribution in [0.15, 0.2) is 77.7 Å². The fraction of sp³-hybridized carbons (Fsp3) is 0.375. The second-order valence-electron chi connectivity index (χ2n) is 11.1. The zero-order chi connectivity index (χ0) is 31.1. The Kier molecular flexibility index (Phi) is 10.6. The summed E-state index contributed by atoms with van der Waals surface area (Å²) in [4.78, 5) is 29.2. The highest BCUT2D eigenvalue weighted by molar-refractivity contribution is 7.92. The highest BCUT2D eigenvalue weighted by Gasteiger charge is 2.34. The predicted octanol–water partition coefficient (Wildman–Crippen LogP) is 4.93. The average molecular weight is 596 g/mol. The summed E-state index contributed by atoms with van der Waals surface area (Å²) >= 11 is 0. The minimum Gasteiger partial charge on any atom is -0.497 e. The average Bonchev–Trinajstić information content (AvgIpc) is 2.95. The molecule has 0 fully saturated rings. The van der Waals surface area contributed by atoms with Gasteiger partial charge in [-0.05, 0) is 76.1 Å². The molecule has 0 aromatic heterocycles. The van der Waals surface area contributed by atoms with Crippen LogP contribution in [0.3, 0.4) is 0 Å². The SMILES string of the molecule is CC[C@@H](C(=O)NC(C)(C)C)N(Cc1cccc(OC)c1)C(=O)CN(c1cccc(OC)c1)S(=O)(=O)c1ccc(C)cc1. The molecule has 2 amide bonds. The molecule has 226 valence electrons. The summed E-state index contributed by atoms with van der Waals surface area (Å²) in [7, 11) is -1.14. The van der Waals surface area contributed by atoms with Gasteiger partial charge in [-0.15, -0.1) is 0 Å². The second kappa shape index (κ2) is 13.7. The molecule has 0 spiro atoms. The van der Waals surface area contributed by atoms with E-state index in [2.05, 4.69) is 5.32 Å². The van der Waals surface area contributed by atoms with Gasteiger partial charge >= 0.3 is 0 Å². The molecule has 0 radical (unpaired) electrons. The van der Waals surface area contributed by atoms with E-state index in [1.54, 1.807) is 61.7 Å². The highest BCUT2D eigenvalue weighted by atomic mass is 32.2. The number of carbonyl (C=O) groups is 2. The summed E-state index contributed by atoms with van der Waals surface area (Å²) in [6, 6.07) is 19.3. The van der Waals surface area contributed by atoms with E-state index in [4.69, 9.17) is 9.47 Å². The van der Waals surface area contributed by atoms with E-state index in [0.717, 1.165) is 15.4 Å². The molecule has 0 unspecified atom stereocenters. The van der Waals surface area contributed by atoms with Gasteiger partial charge in [-0.25, -0.2) is 8.42 Å². The van der Waals surface area contributed by atoms with E-state index in [1.807, 2.05) is 40.7 Å². The third-order valence-electron chi connectivity index (χ3n) is 6.60. The maximum Gasteiger partial charge on any atom is 0.264 e. The second-order valence-corrected chi connectivity index (χ2v) is 12.9. The normalized spacial score (nSPS) is 12.3. The molecule has 3 aromatic carbocycles. The van der Waals surface area contributed by atoms with Crippen LogP contribution >= 0.6 is 0 Å². The summed E-state index contributed by atoms with van der Waals surface area (Å²) in [6.07, 6.45) is 0.321. The van der Waals surface area contributed by atoms with Gasteiger partial charge in [0.05, 0.1) is 24.8 Å². The Morgan fingerprint density at radius 2 is 1.50 bits per heavy atom. The Bertz CT molecular complexity index is 1480. The predicted molar refractivity (Wildman–Crippen MR) is 164 cm³/mol. The van der Waals surface area contributed by atoms with Crippen molar-refractivity contribution in [1.82, 2.24) is 10.2 Å². The minimum absolute atomic E-state index is 0.0422. The van der Waals surface area contributed by atoms with E-state index < -0.39 is 34.1 Å². The van der Waals surface area contributed by atoms with Crippen molar-refractivity contribution >= 4 is 27.5 Å². The minimum atomic E-state index is -4.18. The molecule has 10 heteroatoms. The first kappa shape index (κ1) is 32.5. The highest BCUT2D eigenvalue weighted by Crippen LogP contribution is 2.28. The standard InChI is InChI=1S/C32H41N3O6S/c1-8-29(31(37)33-32(3,4)5)34(21-24-11-9-13-26(19-24)40-6)30(36)22-35(25-12-10-14-27(20-25)41-7)42(38,39)28-17-15-23(2)16-18-28/h9-20,29H,8,21-22H2,1-7H3,(H,33,37)/t29-/m0/s1. The number of hydrogen-bond donors (Lipinski definition) is 1. The lowest BCUT2D eigenvalue weighted by Gasteiger charge is -2.35. The summed E-state index contributed by atoms with van der Waals surface area (Å²) in [5.41, 5.74) is 1.37. The number of nitrogens with one attached hydrogen (secondary N) is 1. The molecule has 0 saturated heterocycles. The number of anilines is 1. The smallest absolute Gasteiger partial charge is 0.264 e. The van der Waals surface area contributed by atoms with E-state index >= 15 is 0 Å². The number of ether oxygens (including phenoxy) is 2. The van der Waals surface area contributed by atoms with Gasteiger partial charge in [0.1, 0.15) is 24.1 Å². The zero-order valence-corrected chi connectivity index (χ0v) is 26.2. The number of aryl methyl sites for hydroxylation is 1. The van der Waals surface area contributed by atoms with Crippen molar-refractivity contribution in [3.63, 3.8) is 0 Å². The number of benzene rings is 3. The Balaban J connectivity index is 2.10. The quantitative estimate of drug-likeness (QED) is 0.318. The van der Waals surface area contributed by atoms with Crippen molar-refractivity contribution in [3.05, 3.63) is 83.9 Å². The number of rotatable bonds is 12. The zero-order valence-electron chi connectivity index (χ0n) is 25.4. The van der Waals surface area contributed by atoms with Crippen LogP contribution in [-0.2, 0) is 26.2 Å². The molecule has 3 rings (SSSR count). The Morgan fingerprint density at radius 3 is 2.07 bits per heavy atom. The van der Waals surface area contributed by atoms with Crippen LogP contribution in [0.1, 0.15) is 45.2 Å². The first-order valence-corrected chi connectivity index (χ1v) is 15.2.